The fourth-order valence-electron chi connectivity index (χ4n) is 0.981. The first-order valence-electron chi connectivity index (χ1n) is 3.98. The van der Waals surface area contributed by atoms with E-state index in [1.54, 1.807) is 24.3 Å². The average molecular weight is 192 g/mol. The molecule has 0 aliphatic heterocycles. The maximum Gasteiger partial charge on any atom is 0.337 e. The van der Waals surface area contributed by atoms with Gasteiger partial charge in [0.15, 0.2) is 0 Å². The second-order valence-corrected chi connectivity index (χ2v) is 2.59. The highest BCUT2D eigenvalue weighted by molar-refractivity contribution is 5.89. The number of esters is 1. The molecule has 1 aromatic rings. The lowest BCUT2D eigenvalue weighted by Crippen LogP contribution is -2.00. The Bertz CT molecular complexity index is 366. The first-order chi connectivity index (χ1) is 6.77. The molecule has 0 aliphatic rings. The Morgan fingerprint density at radius 1 is 1.50 bits per heavy atom. The van der Waals surface area contributed by atoms with Gasteiger partial charge in [0.05, 0.1) is 12.7 Å². The number of hydrogen-bond donors (Lipinski definition) is 1. The molecule has 0 saturated carbocycles. The Morgan fingerprint density at radius 2 is 2.14 bits per heavy atom. The average Bonchev–Trinajstić information content (AvgIpc) is 2.26. The highest BCUT2D eigenvalue weighted by atomic mass is 16.5. The van der Waals surface area contributed by atoms with E-state index < -0.39 is 0 Å². The number of carbonyl (C=O) groups excluding carboxylic acids is 1. The van der Waals surface area contributed by atoms with Gasteiger partial charge in [-0.15, -0.1) is 0 Å². The zero-order valence-corrected chi connectivity index (χ0v) is 7.73. The highest BCUT2D eigenvalue weighted by Gasteiger charge is 2.04. The number of rotatable bonds is 3. The highest BCUT2D eigenvalue weighted by Crippen LogP contribution is 2.06. The lowest BCUT2D eigenvalue weighted by molar-refractivity contribution is 0.0600. The molecule has 14 heavy (non-hydrogen) atoms. The van der Waals surface area contributed by atoms with E-state index >= 15 is 0 Å². The number of benzene rings is 1. The van der Waals surface area contributed by atoms with Gasteiger partial charge in [0.25, 0.3) is 0 Å². The lowest BCUT2D eigenvalue weighted by Gasteiger charge is -1.98. The minimum Gasteiger partial charge on any atom is -0.465 e. The second kappa shape index (κ2) is 4.89. The molecular formula is C9H10N3O2+. The predicted molar refractivity (Wildman–Crippen MR) is 48.8 cm³/mol. The molecule has 1 N–H and O–H groups in total. The number of hydrogen-bond acceptors (Lipinski definition) is 4. The summed E-state index contributed by atoms with van der Waals surface area (Å²) in [4.78, 5) is 13.9. The van der Waals surface area contributed by atoms with Crippen LogP contribution in [0.25, 0.3) is 0 Å². The smallest absolute Gasteiger partial charge is 0.337 e. The van der Waals surface area contributed by atoms with Crippen LogP contribution >= 0.6 is 0 Å². The zero-order valence-electron chi connectivity index (χ0n) is 7.73. The van der Waals surface area contributed by atoms with Crippen molar-refractivity contribution < 1.29 is 9.53 Å². The Hall–Kier alpha value is -2.00. The van der Waals surface area contributed by atoms with Crippen molar-refractivity contribution in [1.29, 1.82) is 5.53 Å². The van der Waals surface area contributed by atoms with Crippen molar-refractivity contribution in [2.24, 2.45) is 5.11 Å². The van der Waals surface area contributed by atoms with Crippen molar-refractivity contribution >= 4 is 5.97 Å². The van der Waals surface area contributed by atoms with Gasteiger partial charge in [-0.2, -0.15) is 0 Å². The molecule has 0 radical (unpaired) electrons. The summed E-state index contributed by atoms with van der Waals surface area (Å²) in [6, 6.07) is 6.81. The van der Waals surface area contributed by atoms with Crippen molar-refractivity contribution in [1.82, 2.24) is 4.91 Å². The van der Waals surface area contributed by atoms with E-state index in [4.69, 9.17) is 5.53 Å². The fourth-order valence-corrected chi connectivity index (χ4v) is 0.981. The summed E-state index contributed by atoms with van der Waals surface area (Å²) in [5, 5.41) is 3.51. The third kappa shape index (κ3) is 2.50. The molecule has 1 rings (SSSR count). The van der Waals surface area contributed by atoms with E-state index in [9.17, 15) is 4.79 Å². The van der Waals surface area contributed by atoms with Crippen LogP contribution in [-0.2, 0) is 11.3 Å². The molecule has 0 unspecified atom stereocenters. The number of methoxy groups -OCH3 is 1. The molecular weight excluding hydrogens is 182 g/mol. The number of nitrogens with zero attached hydrogens (tertiary/aromatic N) is 2. The molecule has 0 aromatic heterocycles. The van der Waals surface area contributed by atoms with Gasteiger partial charge in [-0.25, -0.2) is 4.79 Å². The van der Waals surface area contributed by atoms with E-state index in [1.165, 1.54) is 7.11 Å². The summed E-state index contributed by atoms with van der Waals surface area (Å²) in [6.45, 7) is 0.352. The predicted octanol–water partition coefficient (Wildman–Crippen LogP) is 1.52. The quantitative estimate of drug-likeness (QED) is 0.447. The summed E-state index contributed by atoms with van der Waals surface area (Å²) in [5.74, 6) is -0.362. The molecule has 1 aromatic carbocycles. The fraction of sp³-hybridized carbons (Fsp3) is 0.222. The summed E-state index contributed by atoms with van der Waals surface area (Å²) in [7, 11) is 1.34. The normalized spacial score (nSPS) is 8.93. The van der Waals surface area contributed by atoms with E-state index in [0.717, 1.165) is 5.56 Å². The Kier molecular flexibility index (Phi) is 3.52. The lowest BCUT2D eigenvalue weighted by atomic mass is 10.1. The van der Waals surface area contributed by atoms with E-state index in [0.29, 0.717) is 12.1 Å². The first kappa shape index (κ1) is 10.1. The summed E-state index contributed by atoms with van der Waals surface area (Å²) in [6.07, 6.45) is 0. The van der Waals surface area contributed by atoms with E-state index in [2.05, 4.69) is 14.8 Å². The van der Waals surface area contributed by atoms with Crippen molar-refractivity contribution in [3.63, 3.8) is 0 Å². The van der Waals surface area contributed by atoms with Gasteiger partial charge in [-0.3, -0.25) is 0 Å². The van der Waals surface area contributed by atoms with Crippen LogP contribution in [0.4, 0.5) is 0 Å². The Morgan fingerprint density at radius 3 is 2.64 bits per heavy atom. The standard InChI is InChI=1S/C9H10N3O2/c1-14-9(13)8-4-2-7(3-5-8)6-11-12-10/h2-5,10H,6H2,1H3/q+1. The van der Waals surface area contributed by atoms with Gasteiger partial charge in [0.1, 0.15) is 17.2 Å². The molecule has 0 aliphatic carbocycles. The van der Waals surface area contributed by atoms with E-state index in [-0.39, 0.29) is 5.97 Å². The van der Waals surface area contributed by atoms with Crippen LogP contribution in [0.2, 0.25) is 0 Å². The minimum absolute atomic E-state index is 0.352. The van der Waals surface area contributed by atoms with Crippen LogP contribution in [0.3, 0.4) is 0 Å². The molecule has 0 fully saturated rings. The maximum absolute atomic E-state index is 11.0. The van der Waals surface area contributed by atoms with Crippen molar-refractivity contribution in [3.05, 3.63) is 35.4 Å². The van der Waals surface area contributed by atoms with Gasteiger partial charge < -0.3 is 4.74 Å². The molecule has 0 atom stereocenters. The van der Waals surface area contributed by atoms with Gasteiger partial charge in [0.2, 0.25) is 4.91 Å². The number of carbonyl (C=O) groups is 1. The van der Waals surface area contributed by atoms with Crippen LogP contribution in [0.1, 0.15) is 15.9 Å². The van der Waals surface area contributed by atoms with Crippen molar-refractivity contribution in [2.75, 3.05) is 7.11 Å². The molecule has 5 heteroatoms. The molecule has 72 valence electrons. The van der Waals surface area contributed by atoms with Gasteiger partial charge in [0, 0.05) is 0 Å². The number of ether oxygens (including phenoxy) is 1. The van der Waals surface area contributed by atoms with Crippen molar-refractivity contribution in [2.45, 2.75) is 6.54 Å². The largest absolute Gasteiger partial charge is 0.465 e. The molecule has 0 spiro atoms. The minimum atomic E-state index is -0.362. The van der Waals surface area contributed by atoms with Crippen LogP contribution < -0.4 is 4.91 Å². The molecule has 0 saturated heterocycles. The van der Waals surface area contributed by atoms with Gasteiger partial charge in [-0.05, 0) is 17.7 Å². The maximum atomic E-state index is 11.0. The van der Waals surface area contributed by atoms with E-state index in [1.807, 2.05) is 0 Å². The number of nitrogens with one attached hydrogen (secondary N) is 1. The molecule has 0 amide bonds. The first-order valence-corrected chi connectivity index (χ1v) is 3.98. The summed E-state index contributed by atoms with van der Waals surface area (Å²) < 4.78 is 4.55. The second-order valence-electron chi connectivity index (χ2n) is 2.59. The topological polar surface area (TPSA) is 76.6 Å². The molecule has 0 heterocycles. The van der Waals surface area contributed by atoms with Crippen LogP contribution in [0.5, 0.6) is 0 Å². The third-order valence-electron chi connectivity index (χ3n) is 1.70. The van der Waals surface area contributed by atoms with Gasteiger partial charge in [-0.1, -0.05) is 12.1 Å². The summed E-state index contributed by atoms with van der Waals surface area (Å²) >= 11 is 0. The molecule has 5 nitrogen and oxygen atoms in total. The van der Waals surface area contributed by atoms with Crippen LogP contribution in [0.15, 0.2) is 29.4 Å². The zero-order chi connectivity index (χ0) is 10.4. The van der Waals surface area contributed by atoms with Crippen LogP contribution in [-0.4, -0.2) is 13.1 Å². The van der Waals surface area contributed by atoms with Crippen molar-refractivity contribution in [3.8, 4) is 0 Å². The third-order valence-corrected chi connectivity index (χ3v) is 1.70. The van der Waals surface area contributed by atoms with Crippen LogP contribution in [0, 0.1) is 5.53 Å². The Balaban J connectivity index is 2.78. The monoisotopic (exact) mass is 192 g/mol. The summed E-state index contributed by atoms with van der Waals surface area (Å²) in [5.41, 5.74) is 7.87. The Labute approximate surface area is 80.9 Å². The molecule has 0 bridgehead atoms. The van der Waals surface area contributed by atoms with Gasteiger partial charge >= 0.3 is 5.97 Å². The SMILES string of the molecule is COC(=O)c1ccc(CN=[N+]=N)cc1.